The topological polar surface area (TPSA) is 42.2 Å². The number of anilines is 1. The summed E-state index contributed by atoms with van der Waals surface area (Å²) in [5, 5.41) is 4.86. The maximum absolute atomic E-state index is 4.68. The fourth-order valence-corrected chi connectivity index (χ4v) is 4.19. The lowest BCUT2D eigenvalue weighted by Crippen LogP contribution is -2.15. The van der Waals surface area contributed by atoms with E-state index in [1.54, 1.807) is 0 Å². The van der Waals surface area contributed by atoms with Crippen LogP contribution in [0.15, 0.2) is 23.6 Å². The van der Waals surface area contributed by atoms with E-state index in [2.05, 4.69) is 22.2 Å². The number of imidazole rings is 1. The summed E-state index contributed by atoms with van der Waals surface area (Å²) in [6, 6.07) is 0. The van der Waals surface area contributed by atoms with Crippen LogP contribution in [0.2, 0.25) is 0 Å². The lowest BCUT2D eigenvalue weighted by Gasteiger charge is -2.25. The Bertz CT molecular complexity index is 566. The predicted molar refractivity (Wildman–Crippen MR) is 79.8 cm³/mol. The van der Waals surface area contributed by atoms with Gasteiger partial charge >= 0.3 is 0 Å². The number of hydrogen-bond acceptors (Lipinski definition) is 4. The molecule has 2 unspecified atom stereocenters. The molecule has 2 atom stereocenters. The predicted octanol–water partition coefficient (Wildman–Crippen LogP) is 3.44. The standard InChI is InChI=1S/C14H20N4S/c1-10-4-3-5-11(8-10)19-14-13-16-6-7-18(13)9-12(15-2)17-14/h6-7,9-11,15H,3-5,8H2,1-2H3. The van der Waals surface area contributed by atoms with Crippen LogP contribution in [-0.4, -0.2) is 26.7 Å². The number of nitrogens with one attached hydrogen (secondary N) is 1. The lowest BCUT2D eigenvalue weighted by atomic mass is 9.91. The molecule has 102 valence electrons. The van der Waals surface area contributed by atoms with Gasteiger partial charge in [-0.1, -0.05) is 31.5 Å². The van der Waals surface area contributed by atoms with Crippen LogP contribution in [0.3, 0.4) is 0 Å². The molecular weight excluding hydrogens is 256 g/mol. The van der Waals surface area contributed by atoms with E-state index in [0.717, 1.165) is 22.4 Å². The molecule has 0 aromatic carbocycles. The van der Waals surface area contributed by atoms with E-state index < -0.39 is 0 Å². The third-order valence-electron chi connectivity index (χ3n) is 3.77. The molecule has 3 rings (SSSR count). The summed E-state index contributed by atoms with van der Waals surface area (Å²) in [6.07, 6.45) is 11.1. The van der Waals surface area contributed by atoms with Crippen LogP contribution in [0, 0.1) is 5.92 Å². The number of fused-ring (bicyclic) bond motifs is 1. The molecule has 2 aromatic heterocycles. The first-order valence-corrected chi connectivity index (χ1v) is 7.82. The molecule has 0 aliphatic heterocycles. The van der Waals surface area contributed by atoms with Crippen molar-refractivity contribution in [1.82, 2.24) is 14.4 Å². The highest BCUT2D eigenvalue weighted by atomic mass is 32.2. The maximum Gasteiger partial charge on any atom is 0.169 e. The first-order chi connectivity index (χ1) is 9.26. The highest BCUT2D eigenvalue weighted by Crippen LogP contribution is 2.36. The fraction of sp³-hybridized carbons (Fsp3) is 0.571. The molecule has 5 heteroatoms. The van der Waals surface area contributed by atoms with Gasteiger partial charge in [0.1, 0.15) is 10.8 Å². The lowest BCUT2D eigenvalue weighted by molar-refractivity contribution is 0.394. The van der Waals surface area contributed by atoms with Crippen molar-refractivity contribution in [2.24, 2.45) is 5.92 Å². The monoisotopic (exact) mass is 276 g/mol. The Morgan fingerprint density at radius 3 is 3.11 bits per heavy atom. The number of rotatable bonds is 3. The van der Waals surface area contributed by atoms with Crippen LogP contribution in [0.5, 0.6) is 0 Å². The van der Waals surface area contributed by atoms with Gasteiger partial charge in [0.05, 0.1) is 6.20 Å². The zero-order chi connectivity index (χ0) is 13.2. The SMILES string of the molecule is CNc1cn2ccnc2c(SC2CCCC(C)C2)n1. The summed E-state index contributed by atoms with van der Waals surface area (Å²) in [5.74, 6) is 1.74. The molecular formula is C14H20N4S. The average molecular weight is 276 g/mol. The second-order valence-electron chi connectivity index (χ2n) is 5.35. The van der Waals surface area contributed by atoms with Gasteiger partial charge in [0.2, 0.25) is 0 Å². The van der Waals surface area contributed by atoms with Crippen molar-refractivity contribution in [2.75, 3.05) is 12.4 Å². The summed E-state index contributed by atoms with van der Waals surface area (Å²) in [4.78, 5) is 9.11. The quantitative estimate of drug-likeness (QED) is 0.932. The van der Waals surface area contributed by atoms with Gasteiger partial charge in [0.25, 0.3) is 0 Å². The Morgan fingerprint density at radius 1 is 1.42 bits per heavy atom. The van der Waals surface area contributed by atoms with E-state index in [-0.39, 0.29) is 0 Å². The summed E-state index contributed by atoms with van der Waals surface area (Å²) in [7, 11) is 1.90. The summed E-state index contributed by atoms with van der Waals surface area (Å²) >= 11 is 1.90. The largest absolute Gasteiger partial charge is 0.372 e. The Morgan fingerprint density at radius 2 is 2.32 bits per heavy atom. The van der Waals surface area contributed by atoms with Crippen LogP contribution in [-0.2, 0) is 0 Å². The third kappa shape index (κ3) is 2.71. The van der Waals surface area contributed by atoms with Crippen LogP contribution >= 0.6 is 11.8 Å². The molecule has 2 heterocycles. The van der Waals surface area contributed by atoms with E-state index in [0.29, 0.717) is 5.25 Å². The highest BCUT2D eigenvalue weighted by Gasteiger charge is 2.21. The van der Waals surface area contributed by atoms with Crippen LogP contribution < -0.4 is 5.32 Å². The molecule has 0 radical (unpaired) electrons. The van der Waals surface area contributed by atoms with Gasteiger partial charge in [-0.25, -0.2) is 9.97 Å². The van der Waals surface area contributed by atoms with Gasteiger partial charge in [-0.15, -0.1) is 0 Å². The number of thioether (sulfide) groups is 1. The van der Waals surface area contributed by atoms with Crippen molar-refractivity contribution in [3.8, 4) is 0 Å². The summed E-state index contributed by atoms with van der Waals surface area (Å²) in [5.41, 5.74) is 0.974. The van der Waals surface area contributed by atoms with E-state index >= 15 is 0 Å². The number of hydrogen-bond donors (Lipinski definition) is 1. The van der Waals surface area contributed by atoms with Crippen molar-refractivity contribution in [3.05, 3.63) is 18.6 Å². The summed E-state index contributed by atoms with van der Waals surface area (Å²) < 4.78 is 2.05. The minimum atomic E-state index is 0.684. The molecule has 1 aliphatic rings. The van der Waals surface area contributed by atoms with Gasteiger partial charge in [0, 0.05) is 24.7 Å². The molecule has 19 heavy (non-hydrogen) atoms. The Labute approximate surface area is 118 Å². The zero-order valence-corrected chi connectivity index (χ0v) is 12.3. The second-order valence-corrected chi connectivity index (χ2v) is 6.64. The van der Waals surface area contributed by atoms with Gasteiger partial charge in [-0.3, -0.25) is 0 Å². The number of aromatic nitrogens is 3. The minimum Gasteiger partial charge on any atom is -0.372 e. The van der Waals surface area contributed by atoms with Crippen molar-refractivity contribution in [3.63, 3.8) is 0 Å². The molecule has 4 nitrogen and oxygen atoms in total. The number of nitrogens with zero attached hydrogens (tertiary/aromatic N) is 3. The molecule has 0 spiro atoms. The van der Waals surface area contributed by atoms with Crippen LogP contribution in [0.4, 0.5) is 5.82 Å². The van der Waals surface area contributed by atoms with Crippen molar-refractivity contribution in [2.45, 2.75) is 42.9 Å². The van der Waals surface area contributed by atoms with Gasteiger partial charge in [-0.05, 0) is 18.8 Å². The molecule has 0 amide bonds. The second kappa shape index (κ2) is 5.41. The van der Waals surface area contributed by atoms with Crippen LogP contribution in [0.1, 0.15) is 32.6 Å². The van der Waals surface area contributed by atoms with E-state index in [9.17, 15) is 0 Å². The maximum atomic E-state index is 4.68. The highest BCUT2D eigenvalue weighted by molar-refractivity contribution is 8.00. The van der Waals surface area contributed by atoms with Crippen LogP contribution in [0.25, 0.3) is 5.65 Å². The molecule has 0 saturated heterocycles. The Kier molecular flexibility index (Phi) is 3.64. The van der Waals surface area contributed by atoms with E-state index in [1.165, 1.54) is 25.7 Å². The normalized spacial score (nSPS) is 23.7. The molecule has 1 saturated carbocycles. The van der Waals surface area contributed by atoms with E-state index in [4.69, 9.17) is 0 Å². The molecule has 1 fully saturated rings. The zero-order valence-electron chi connectivity index (χ0n) is 11.5. The van der Waals surface area contributed by atoms with Gasteiger partial charge in [-0.2, -0.15) is 0 Å². The smallest absolute Gasteiger partial charge is 0.169 e. The van der Waals surface area contributed by atoms with Crippen molar-refractivity contribution >= 4 is 23.2 Å². The summed E-state index contributed by atoms with van der Waals surface area (Å²) in [6.45, 7) is 2.36. The molecule has 1 N–H and O–H groups in total. The van der Waals surface area contributed by atoms with E-state index in [1.807, 2.05) is 41.8 Å². The van der Waals surface area contributed by atoms with Gasteiger partial charge < -0.3 is 9.72 Å². The molecule has 2 aromatic rings. The average Bonchev–Trinajstić information content (AvgIpc) is 2.87. The third-order valence-corrected chi connectivity index (χ3v) is 5.02. The molecule has 0 bridgehead atoms. The molecule has 1 aliphatic carbocycles. The Balaban J connectivity index is 1.88. The fourth-order valence-electron chi connectivity index (χ4n) is 2.75. The first kappa shape index (κ1) is 12.8. The van der Waals surface area contributed by atoms with Crippen molar-refractivity contribution in [1.29, 1.82) is 0 Å². The first-order valence-electron chi connectivity index (χ1n) is 6.94. The minimum absolute atomic E-state index is 0.684. The van der Waals surface area contributed by atoms with Crippen molar-refractivity contribution < 1.29 is 0 Å². The Hall–Kier alpha value is -1.23. The van der Waals surface area contributed by atoms with Gasteiger partial charge in [0.15, 0.2) is 5.65 Å².